The number of halogens is 1. The van der Waals surface area contributed by atoms with Gasteiger partial charge < -0.3 is 20.5 Å². The molecule has 1 amide bonds. The number of benzene rings is 1. The molecular weight excluding hydrogens is 280 g/mol. The third-order valence-corrected chi connectivity index (χ3v) is 3.66. The Morgan fingerprint density at radius 1 is 1.25 bits per heavy atom. The van der Waals surface area contributed by atoms with E-state index < -0.39 is 0 Å². The maximum Gasteiger partial charge on any atom is 0.231 e. The number of nitrogens with one attached hydrogen (secondary N) is 1. The second-order valence-corrected chi connectivity index (χ2v) is 5.26. The zero-order valence-corrected chi connectivity index (χ0v) is 11.5. The number of carbonyl (C=O) groups excluding carboxylic acids is 1. The van der Waals surface area contributed by atoms with Crippen molar-refractivity contribution in [2.24, 2.45) is 11.7 Å². The molecular formula is C14H15ClN2O3. The van der Waals surface area contributed by atoms with Gasteiger partial charge in [-0.3, -0.25) is 4.79 Å². The summed E-state index contributed by atoms with van der Waals surface area (Å²) in [5.74, 6) is 0.860. The van der Waals surface area contributed by atoms with Crippen molar-refractivity contribution >= 4 is 23.2 Å². The molecule has 3 rings (SSSR count). The predicted molar refractivity (Wildman–Crippen MR) is 76.3 cm³/mol. The summed E-state index contributed by atoms with van der Waals surface area (Å²) in [6.07, 6.45) is 4.29. The topological polar surface area (TPSA) is 73.6 Å². The SMILES string of the molecule is NC1C=CC(C(=O)Nc2cc3c(cc2Cl)OCCO3)C1. The highest BCUT2D eigenvalue weighted by Gasteiger charge is 2.24. The van der Waals surface area contributed by atoms with Gasteiger partial charge in [0.25, 0.3) is 0 Å². The van der Waals surface area contributed by atoms with E-state index in [9.17, 15) is 4.79 Å². The average Bonchev–Trinajstić information content (AvgIpc) is 2.86. The Kier molecular flexibility index (Phi) is 3.54. The molecule has 0 aromatic heterocycles. The van der Waals surface area contributed by atoms with Crippen LogP contribution in [0.4, 0.5) is 5.69 Å². The van der Waals surface area contributed by atoms with Crippen LogP contribution in [-0.2, 0) is 4.79 Å². The van der Waals surface area contributed by atoms with E-state index in [1.165, 1.54) is 0 Å². The highest BCUT2D eigenvalue weighted by atomic mass is 35.5. The summed E-state index contributed by atoms with van der Waals surface area (Å²) in [5, 5.41) is 3.23. The van der Waals surface area contributed by atoms with Gasteiger partial charge in [-0.05, 0) is 6.42 Å². The predicted octanol–water partition coefficient (Wildman–Crippen LogP) is 1.95. The van der Waals surface area contributed by atoms with E-state index in [1.54, 1.807) is 12.1 Å². The molecule has 1 aliphatic carbocycles. The molecule has 0 radical (unpaired) electrons. The van der Waals surface area contributed by atoms with Crippen LogP contribution in [0, 0.1) is 5.92 Å². The van der Waals surface area contributed by atoms with Gasteiger partial charge in [-0.25, -0.2) is 0 Å². The van der Waals surface area contributed by atoms with Crippen molar-refractivity contribution in [3.05, 3.63) is 29.3 Å². The van der Waals surface area contributed by atoms with Crippen LogP contribution in [0.1, 0.15) is 6.42 Å². The number of fused-ring (bicyclic) bond motifs is 1. The first-order valence-electron chi connectivity index (χ1n) is 6.47. The van der Waals surface area contributed by atoms with Gasteiger partial charge in [0.15, 0.2) is 11.5 Å². The van der Waals surface area contributed by atoms with Crippen molar-refractivity contribution in [2.75, 3.05) is 18.5 Å². The molecule has 1 heterocycles. The van der Waals surface area contributed by atoms with Crippen LogP contribution < -0.4 is 20.5 Å². The van der Waals surface area contributed by atoms with Crippen LogP contribution in [0.15, 0.2) is 24.3 Å². The summed E-state index contributed by atoms with van der Waals surface area (Å²) >= 11 is 6.15. The van der Waals surface area contributed by atoms with Crippen molar-refractivity contribution in [1.29, 1.82) is 0 Å². The Balaban J connectivity index is 1.77. The first-order chi connectivity index (χ1) is 9.63. The molecule has 106 valence electrons. The summed E-state index contributed by atoms with van der Waals surface area (Å²) < 4.78 is 10.9. The summed E-state index contributed by atoms with van der Waals surface area (Å²) in [5.41, 5.74) is 6.27. The largest absolute Gasteiger partial charge is 0.486 e. The average molecular weight is 295 g/mol. The second-order valence-electron chi connectivity index (χ2n) is 4.86. The third kappa shape index (κ3) is 2.59. The van der Waals surface area contributed by atoms with Gasteiger partial charge in [-0.1, -0.05) is 23.8 Å². The van der Waals surface area contributed by atoms with Crippen molar-refractivity contribution < 1.29 is 14.3 Å². The second kappa shape index (κ2) is 5.34. The Labute approximate surface area is 121 Å². The zero-order valence-electron chi connectivity index (χ0n) is 10.8. The number of anilines is 1. The number of hydrogen-bond donors (Lipinski definition) is 2. The van der Waals surface area contributed by atoms with E-state index in [1.807, 2.05) is 12.2 Å². The normalized spacial score (nSPS) is 23.7. The maximum absolute atomic E-state index is 12.1. The Morgan fingerprint density at radius 3 is 2.60 bits per heavy atom. The maximum atomic E-state index is 12.1. The molecule has 5 nitrogen and oxygen atoms in total. The molecule has 3 N–H and O–H groups in total. The molecule has 2 atom stereocenters. The number of carbonyl (C=O) groups is 1. The molecule has 20 heavy (non-hydrogen) atoms. The van der Waals surface area contributed by atoms with Crippen molar-refractivity contribution in [3.8, 4) is 11.5 Å². The molecule has 0 saturated carbocycles. The highest BCUT2D eigenvalue weighted by molar-refractivity contribution is 6.34. The molecule has 1 aromatic carbocycles. The molecule has 1 aromatic rings. The molecule has 1 aliphatic heterocycles. The van der Waals surface area contributed by atoms with E-state index in [2.05, 4.69) is 5.32 Å². The standard InChI is InChI=1S/C14H15ClN2O3/c15-10-6-12-13(20-4-3-19-12)7-11(10)17-14(18)8-1-2-9(16)5-8/h1-2,6-9H,3-5,16H2,(H,17,18). The Morgan fingerprint density at radius 2 is 1.95 bits per heavy atom. The molecule has 2 aliphatic rings. The van der Waals surface area contributed by atoms with Gasteiger partial charge in [0.2, 0.25) is 5.91 Å². The molecule has 0 spiro atoms. The lowest BCUT2D eigenvalue weighted by Crippen LogP contribution is -2.24. The van der Waals surface area contributed by atoms with Gasteiger partial charge >= 0.3 is 0 Å². The number of nitrogens with two attached hydrogens (primary N) is 1. The fourth-order valence-corrected chi connectivity index (χ4v) is 2.51. The lowest BCUT2D eigenvalue weighted by Gasteiger charge is -2.20. The van der Waals surface area contributed by atoms with E-state index in [0.29, 0.717) is 41.8 Å². The van der Waals surface area contributed by atoms with Gasteiger partial charge in [-0.15, -0.1) is 0 Å². The van der Waals surface area contributed by atoms with Crippen LogP contribution in [0.2, 0.25) is 5.02 Å². The van der Waals surface area contributed by atoms with E-state index >= 15 is 0 Å². The minimum Gasteiger partial charge on any atom is -0.486 e. The molecule has 0 fully saturated rings. The van der Waals surface area contributed by atoms with Crippen molar-refractivity contribution in [2.45, 2.75) is 12.5 Å². The van der Waals surface area contributed by atoms with Gasteiger partial charge in [0.1, 0.15) is 13.2 Å². The monoisotopic (exact) mass is 294 g/mol. The lowest BCUT2D eigenvalue weighted by molar-refractivity contribution is -0.118. The molecule has 6 heteroatoms. The van der Waals surface area contributed by atoms with E-state index in [-0.39, 0.29) is 17.9 Å². The number of amides is 1. The minimum atomic E-state index is -0.214. The molecule has 0 saturated heterocycles. The lowest BCUT2D eigenvalue weighted by atomic mass is 10.1. The van der Waals surface area contributed by atoms with Gasteiger partial charge in [0, 0.05) is 18.2 Å². The fourth-order valence-electron chi connectivity index (χ4n) is 2.31. The number of hydrogen-bond acceptors (Lipinski definition) is 4. The third-order valence-electron chi connectivity index (χ3n) is 3.34. The van der Waals surface area contributed by atoms with Crippen LogP contribution in [-0.4, -0.2) is 25.2 Å². The summed E-state index contributed by atoms with van der Waals surface area (Å²) in [4.78, 5) is 12.1. The molecule has 2 unspecified atom stereocenters. The van der Waals surface area contributed by atoms with Crippen LogP contribution in [0.25, 0.3) is 0 Å². The first-order valence-corrected chi connectivity index (χ1v) is 6.85. The summed E-state index contributed by atoms with van der Waals surface area (Å²) in [7, 11) is 0. The van der Waals surface area contributed by atoms with Crippen molar-refractivity contribution in [3.63, 3.8) is 0 Å². The van der Waals surface area contributed by atoms with Crippen molar-refractivity contribution in [1.82, 2.24) is 0 Å². The van der Waals surface area contributed by atoms with E-state index in [0.717, 1.165) is 0 Å². The Hall–Kier alpha value is -1.72. The highest BCUT2D eigenvalue weighted by Crippen LogP contribution is 2.38. The first kappa shape index (κ1) is 13.3. The number of rotatable bonds is 2. The van der Waals surface area contributed by atoms with Crippen LogP contribution >= 0.6 is 11.6 Å². The molecule has 0 bridgehead atoms. The Bertz CT molecular complexity index is 574. The number of ether oxygens (including phenoxy) is 2. The fraction of sp³-hybridized carbons (Fsp3) is 0.357. The zero-order chi connectivity index (χ0) is 14.1. The summed E-state index contributed by atoms with van der Waals surface area (Å²) in [6.45, 7) is 0.988. The summed E-state index contributed by atoms with van der Waals surface area (Å²) in [6, 6.07) is 3.29. The van der Waals surface area contributed by atoms with E-state index in [4.69, 9.17) is 26.8 Å². The van der Waals surface area contributed by atoms with Crippen LogP contribution in [0.3, 0.4) is 0 Å². The van der Waals surface area contributed by atoms with Gasteiger partial charge in [-0.2, -0.15) is 0 Å². The quantitative estimate of drug-likeness (QED) is 0.818. The smallest absolute Gasteiger partial charge is 0.231 e. The minimum absolute atomic E-state index is 0.0542. The van der Waals surface area contributed by atoms with Gasteiger partial charge in [0.05, 0.1) is 16.6 Å². The van der Waals surface area contributed by atoms with Crippen LogP contribution in [0.5, 0.6) is 11.5 Å².